The largest absolute Gasteiger partial charge is 0.351 e. The van der Waals surface area contributed by atoms with E-state index in [0.717, 1.165) is 0 Å². The van der Waals surface area contributed by atoms with Crippen LogP contribution in [0.25, 0.3) is 0 Å². The number of hydrogen-bond acceptors (Lipinski definition) is 2. The first-order chi connectivity index (χ1) is 11.3. The van der Waals surface area contributed by atoms with E-state index in [0.29, 0.717) is 16.8 Å². The van der Waals surface area contributed by atoms with Crippen LogP contribution in [0.3, 0.4) is 0 Å². The van der Waals surface area contributed by atoms with Crippen molar-refractivity contribution >= 4 is 40.8 Å². The summed E-state index contributed by atoms with van der Waals surface area (Å²) < 4.78 is 13.6. The fourth-order valence-electron chi connectivity index (χ4n) is 2.11. The van der Waals surface area contributed by atoms with E-state index < -0.39 is 23.8 Å². The van der Waals surface area contributed by atoms with Crippen LogP contribution in [0, 0.1) is 5.82 Å². The molecule has 0 fully saturated rings. The van der Waals surface area contributed by atoms with Crippen molar-refractivity contribution in [3.8, 4) is 0 Å². The Bertz CT molecular complexity index is 799. The molecule has 0 saturated carbocycles. The zero-order chi connectivity index (χ0) is 17.9. The number of anilines is 1. The summed E-state index contributed by atoms with van der Waals surface area (Å²) in [6, 6.07) is 7.41. The average molecular weight is 370 g/mol. The highest BCUT2D eigenvalue weighted by Crippen LogP contribution is 2.28. The third-order valence-corrected chi connectivity index (χ3v) is 3.86. The summed E-state index contributed by atoms with van der Waals surface area (Å²) in [6.07, 6.45) is 0. The van der Waals surface area contributed by atoms with E-state index in [2.05, 4.69) is 10.6 Å². The van der Waals surface area contributed by atoms with Crippen molar-refractivity contribution in [2.45, 2.75) is 13.0 Å². The molecule has 0 radical (unpaired) electrons. The fourth-order valence-corrected chi connectivity index (χ4v) is 2.65. The van der Waals surface area contributed by atoms with E-state index in [-0.39, 0.29) is 10.0 Å². The van der Waals surface area contributed by atoms with Gasteiger partial charge in [0.15, 0.2) is 0 Å². The highest BCUT2D eigenvalue weighted by molar-refractivity contribution is 6.35. The summed E-state index contributed by atoms with van der Waals surface area (Å²) in [5.41, 5.74) is 6.13. The maximum Gasteiger partial charge on any atom is 0.316 e. The lowest BCUT2D eigenvalue weighted by molar-refractivity contribution is 0.0940. The first-order valence-corrected chi connectivity index (χ1v) is 7.65. The molecule has 0 unspecified atom stereocenters. The van der Waals surface area contributed by atoms with Gasteiger partial charge in [-0.1, -0.05) is 29.3 Å². The van der Waals surface area contributed by atoms with Crippen molar-refractivity contribution in [2.24, 2.45) is 5.73 Å². The Hall–Kier alpha value is -2.31. The summed E-state index contributed by atoms with van der Waals surface area (Å²) in [4.78, 5) is 23.2. The van der Waals surface area contributed by atoms with Crippen LogP contribution in [0.4, 0.5) is 14.9 Å². The highest BCUT2D eigenvalue weighted by atomic mass is 35.5. The average Bonchev–Trinajstić information content (AvgIpc) is 2.50. The standard InChI is InChI=1S/C16H14Cl2FN3O2/c1-8(11-6-14(19)13(18)7-12(11)17)21-15(23)9-3-2-4-10(5-9)22-16(20)24/h2-8H,1H3,(H,21,23)(H3,20,22,24)/t8-/m1/s1. The molecule has 2 aromatic carbocycles. The van der Waals surface area contributed by atoms with Crippen molar-refractivity contribution in [3.05, 3.63) is 63.4 Å². The molecular weight excluding hydrogens is 356 g/mol. The third-order valence-electron chi connectivity index (χ3n) is 3.25. The van der Waals surface area contributed by atoms with Crippen molar-refractivity contribution in [1.29, 1.82) is 0 Å². The van der Waals surface area contributed by atoms with Crippen molar-refractivity contribution in [3.63, 3.8) is 0 Å². The lowest BCUT2D eigenvalue weighted by Gasteiger charge is -2.16. The fraction of sp³-hybridized carbons (Fsp3) is 0.125. The minimum atomic E-state index is -0.732. The Kier molecular flexibility index (Phi) is 5.64. The zero-order valence-corrected chi connectivity index (χ0v) is 14.1. The second-order valence-corrected chi connectivity index (χ2v) is 5.87. The van der Waals surface area contributed by atoms with Gasteiger partial charge >= 0.3 is 6.03 Å². The van der Waals surface area contributed by atoms with Gasteiger partial charge in [-0.3, -0.25) is 4.79 Å². The number of carbonyl (C=O) groups is 2. The number of nitrogens with one attached hydrogen (secondary N) is 2. The van der Waals surface area contributed by atoms with E-state index >= 15 is 0 Å². The van der Waals surface area contributed by atoms with Gasteiger partial charge in [0.05, 0.1) is 11.1 Å². The van der Waals surface area contributed by atoms with E-state index in [9.17, 15) is 14.0 Å². The molecule has 3 amide bonds. The number of benzene rings is 2. The molecule has 126 valence electrons. The number of urea groups is 1. The normalized spacial score (nSPS) is 11.7. The van der Waals surface area contributed by atoms with E-state index in [1.54, 1.807) is 25.1 Å². The maximum atomic E-state index is 13.6. The van der Waals surface area contributed by atoms with Gasteiger partial charge in [0.1, 0.15) is 5.82 Å². The topological polar surface area (TPSA) is 84.2 Å². The number of rotatable bonds is 4. The first-order valence-electron chi connectivity index (χ1n) is 6.89. The van der Waals surface area contributed by atoms with Crippen LogP contribution in [-0.4, -0.2) is 11.9 Å². The smallest absolute Gasteiger partial charge is 0.316 e. The van der Waals surface area contributed by atoms with Crippen molar-refractivity contribution in [2.75, 3.05) is 5.32 Å². The monoisotopic (exact) mass is 369 g/mol. The first kappa shape index (κ1) is 18.0. The molecule has 0 aliphatic carbocycles. The lowest BCUT2D eigenvalue weighted by Crippen LogP contribution is -2.27. The van der Waals surface area contributed by atoms with Crippen LogP contribution >= 0.6 is 23.2 Å². The minimum Gasteiger partial charge on any atom is -0.351 e. The Labute approximate surface area is 147 Å². The maximum absolute atomic E-state index is 13.6. The summed E-state index contributed by atoms with van der Waals surface area (Å²) in [6.45, 7) is 1.66. The number of amides is 3. The van der Waals surface area contributed by atoms with E-state index in [4.69, 9.17) is 28.9 Å². The molecule has 0 aliphatic heterocycles. The molecule has 0 heterocycles. The molecule has 0 aromatic heterocycles. The molecule has 0 spiro atoms. The SMILES string of the molecule is C[C@@H](NC(=O)c1cccc(NC(N)=O)c1)c1cc(F)c(Cl)cc1Cl. The van der Waals surface area contributed by atoms with Crippen molar-refractivity contribution < 1.29 is 14.0 Å². The number of nitrogens with two attached hydrogens (primary N) is 1. The van der Waals surface area contributed by atoms with Crippen LogP contribution in [0.2, 0.25) is 10.0 Å². The van der Waals surface area contributed by atoms with Gasteiger partial charge in [-0.05, 0) is 42.8 Å². The molecular formula is C16H14Cl2FN3O2. The summed E-state index contributed by atoms with van der Waals surface area (Å²) in [7, 11) is 0. The van der Waals surface area contributed by atoms with Crippen LogP contribution < -0.4 is 16.4 Å². The molecule has 2 aromatic rings. The molecule has 5 nitrogen and oxygen atoms in total. The second kappa shape index (κ2) is 7.51. The summed E-state index contributed by atoms with van der Waals surface area (Å²) >= 11 is 11.7. The molecule has 0 saturated heterocycles. The molecule has 4 N–H and O–H groups in total. The Balaban J connectivity index is 2.17. The number of hydrogen-bond donors (Lipinski definition) is 3. The zero-order valence-electron chi connectivity index (χ0n) is 12.6. The van der Waals surface area contributed by atoms with Crippen LogP contribution in [0.15, 0.2) is 36.4 Å². The number of primary amides is 1. The lowest BCUT2D eigenvalue weighted by atomic mass is 10.1. The molecule has 0 bridgehead atoms. The highest BCUT2D eigenvalue weighted by Gasteiger charge is 2.16. The van der Waals surface area contributed by atoms with E-state index in [1.165, 1.54) is 18.2 Å². The van der Waals surface area contributed by atoms with Crippen LogP contribution in [0.1, 0.15) is 28.9 Å². The minimum absolute atomic E-state index is 0.0903. The quantitative estimate of drug-likeness (QED) is 0.708. The molecule has 24 heavy (non-hydrogen) atoms. The summed E-state index contributed by atoms with van der Waals surface area (Å²) in [5, 5.41) is 5.24. The van der Waals surface area contributed by atoms with Crippen LogP contribution in [-0.2, 0) is 0 Å². The Morgan fingerprint density at radius 1 is 1.17 bits per heavy atom. The second-order valence-electron chi connectivity index (χ2n) is 5.05. The summed E-state index contributed by atoms with van der Waals surface area (Å²) in [5.74, 6) is -1.04. The predicted octanol–water partition coefficient (Wildman–Crippen LogP) is 4.11. The molecule has 0 aliphatic rings. The van der Waals surface area contributed by atoms with E-state index in [1.807, 2.05) is 0 Å². The van der Waals surface area contributed by atoms with Crippen LogP contribution in [0.5, 0.6) is 0 Å². The van der Waals surface area contributed by atoms with Gasteiger partial charge in [0, 0.05) is 16.3 Å². The molecule has 2 rings (SSSR count). The number of halogens is 3. The Morgan fingerprint density at radius 3 is 2.54 bits per heavy atom. The molecule has 1 atom stereocenters. The van der Waals surface area contributed by atoms with Gasteiger partial charge in [-0.2, -0.15) is 0 Å². The van der Waals surface area contributed by atoms with Gasteiger partial charge in [-0.15, -0.1) is 0 Å². The van der Waals surface area contributed by atoms with Gasteiger partial charge in [-0.25, -0.2) is 9.18 Å². The number of carbonyl (C=O) groups excluding carboxylic acids is 2. The van der Waals surface area contributed by atoms with Gasteiger partial charge in [0.25, 0.3) is 5.91 Å². The predicted molar refractivity (Wildman–Crippen MR) is 91.9 cm³/mol. The van der Waals surface area contributed by atoms with Gasteiger partial charge < -0.3 is 16.4 Å². The molecule has 8 heteroatoms. The Morgan fingerprint density at radius 2 is 1.88 bits per heavy atom. The van der Waals surface area contributed by atoms with Gasteiger partial charge in [0.2, 0.25) is 0 Å². The van der Waals surface area contributed by atoms with Crippen molar-refractivity contribution in [1.82, 2.24) is 5.32 Å². The third kappa shape index (κ3) is 4.37.